The maximum Gasteiger partial charge on any atom is 0.254 e. The molecule has 0 unspecified atom stereocenters. The van der Waals surface area contributed by atoms with E-state index in [0.29, 0.717) is 6.54 Å². The summed E-state index contributed by atoms with van der Waals surface area (Å²) in [7, 11) is 0. The van der Waals surface area contributed by atoms with Gasteiger partial charge in [0.15, 0.2) is 0 Å². The van der Waals surface area contributed by atoms with Crippen molar-refractivity contribution < 1.29 is 14.0 Å². The zero-order chi connectivity index (χ0) is 14.6. The van der Waals surface area contributed by atoms with Gasteiger partial charge in [0.1, 0.15) is 5.82 Å². The van der Waals surface area contributed by atoms with Crippen LogP contribution >= 0.6 is 0 Å². The number of rotatable bonds is 5. The first kappa shape index (κ1) is 14.9. The van der Waals surface area contributed by atoms with Gasteiger partial charge in [-0.2, -0.15) is 0 Å². The SMILES string of the molecule is CC(C)CN(CC(N)=O)C(=O)c1ccc(N)c(F)c1. The Hall–Kier alpha value is -2.11. The van der Waals surface area contributed by atoms with Crippen LogP contribution in [0.15, 0.2) is 18.2 Å². The first-order chi connectivity index (χ1) is 8.81. The summed E-state index contributed by atoms with van der Waals surface area (Å²) in [6, 6.07) is 3.81. The predicted molar refractivity (Wildman–Crippen MR) is 70.7 cm³/mol. The number of amides is 2. The highest BCUT2D eigenvalue weighted by atomic mass is 19.1. The predicted octanol–water partition coefficient (Wildman–Crippen LogP) is 0.991. The number of nitrogen functional groups attached to an aromatic ring is 1. The molecular weight excluding hydrogens is 249 g/mol. The van der Waals surface area contributed by atoms with Crippen LogP contribution in [0.3, 0.4) is 0 Å². The molecule has 19 heavy (non-hydrogen) atoms. The summed E-state index contributed by atoms with van der Waals surface area (Å²) in [6.07, 6.45) is 0. The highest BCUT2D eigenvalue weighted by Crippen LogP contribution is 2.14. The first-order valence-corrected chi connectivity index (χ1v) is 5.94. The monoisotopic (exact) mass is 267 g/mol. The van der Waals surface area contributed by atoms with Crippen molar-refractivity contribution in [1.29, 1.82) is 0 Å². The van der Waals surface area contributed by atoms with Crippen molar-refractivity contribution >= 4 is 17.5 Å². The number of anilines is 1. The molecule has 1 aromatic rings. The number of carbonyl (C=O) groups excluding carboxylic acids is 2. The van der Waals surface area contributed by atoms with E-state index in [1.807, 2.05) is 13.8 Å². The average Bonchev–Trinajstić information content (AvgIpc) is 2.29. The van der Waals surface area contributed by atoms with E-state index in [2.05, 4.69) is 0 Å². The number of nitrogens with two attached hydrogens (primary N) is 2. The lowest BCUT2D eigenvalue weighted by atomic mass is 10.1. The van der Waals surface area contributed by atoms with E-state index < -0.39 is 17.6 Å². The van der Waals surface area contributed by atoms with Gasteiger partial charge in [-0.3, -0.25) is 9.59 Å². The van der Waals surface area contributed by atoms with Gasteiger partial charge in [-0.25, -0.2) is 4.39 Å². The van der Waals surface area contributed by atoms with Crippen LogP contribution in [-0.2, 0) is 4.79 Å². The third-order valence-electron chi connectivity index (χ3n) is 2.47. The molecule has 6 heteroatoms. The molecule has 0 aliphatic carbocycles. The Morgan fingerprint density at radius 1 is 1.37 bits per heavy atom. The quantitative estimate of drug-likeness (QED) is 0.780. The molecule has 0 saturated carbocycles. The minimum atomic E-state index is -0.658. The van der Waals surface area contributed by atoms with E-state index in [0.717, 1.165) is 6.07 Å². The molecule has 0 spiro atoms. The zero-order valence-electron chi connectivity index (χ0n) is 11.0. The van der Waals surface area contributed by atoms with Gasteiger partial charge < -0.3 is 16.4 Å². The Kier molecular flexibility index (Phi) is 4.86. The average molecular weight is 267 g/mol. The highest BCUT2D eigenvalue weighted by molar-refractivity contribution is 5.96. The summed E-state index contributed by atoms with van der Waals surface area (Å²) in [4.78, 5) is 24.5. The summed E-state index contributed by atoms with van der Waals surface area (Å²) in [5.41, 5.74) is 10.6. The number of carbonyl (C=O) groups is 2. The second-order valence-electron chi connectivity index (χ2n) is 4.78. The molecule has 2 amide bonds. The Morgan fingerprint density at radius 3 is 2.47 bits per heavy atom. The van der Waals surface area contributed by atoms with E-state index in [9.17, 15) is 14.0 Å². The van der Waals surface area contributed by atoms with Crippen LogP contribution in [0.1, 0.15) is 24.2 Å². The van der Waals surface area contributed by atoms with Gasteiger partial charge in [-0.15, -0.1) is 0 Å². The van der Waals surface area contributed by atoms with E-state index in [1.165, 1.54) is 17.0 Å². The summed E-state index contributed by atoms with van der Waals surface area (Å²) in [5, 5.41) is 0. The fraction of sp³-hybridized carbons (Fsp3) is 0.385. The third kappa shape index (κ3) is 4.24. The zero-order valence-corrected chi connectivity index (χ0v) is 11.0. The normalized spacial score (nSPS) is 10.5. The second kappa shape index (κ2) is 6.17. The Balaban J connectivity index is 2.97. The fourth-order valence-corrected chi connectivity index (χ4v) is 1.69. The number of hydrogen-bond acceptors (Lipinski definition) is 3. The maximum absolute atomic E-state index is 13.3. The van der Waals surface area contributed by atoms with Crippen LogP contribution < -0.4 is 11.5 Å². The Bertz CT molecular complexity index is 489. The largest absolute Gasteiger partial charge is 0.396 e. The van der Waals surface area contributed by atoms with Crippen LogP contribution in [0, 0.1) is 11.7 Å². The van der Waals surface area contributed by atoms with Crippen molar-refractivity contribution in [2.45, 2.75) is 13.8 Å². The van der Waals surface area contributed by atoms with Gasteiger partial charge in [0.05, 0.1) is 12.2 Å². The molecule has 0 aliphatic heterocycles. The molecule has 104 valence electrons. The molecule has 0 fully saturated rings. The highest BCUT2D eigenvalue weighted by Gasteiger charge is 2.19. The molecule has 0 saturated heterocycles. The van der Waals surface area contributed by atoms with Gasteiger partial charge in [0.2, 0.25) is 5.91 Å². The lowest BCUT2D eigenvalue weighted by Crippen LogP contribution is -2.40. The van der Waals surface area contributed by atoms with Crippen molar-refractivity contribution in [3.8, 4) is 0 Å². The van der Waals surface area contributed by atoms with Crippen molar-refractivity contribution in [2.75, 3.05) is 18.8 Å². The Morgan fingerprint density at radius 2 is 2.00 bits per heavy atom. The molecule has 0 atom stereocenters. The minimum Gasteiger partial charge on any atom is -0.396 e. The van der Waals surface area contributed by atoms with Crippen LogP contribution in [0.2, 0.25) is 0 Å². The molecule has 0 bridgehead atoms. The Labute approximate surface area is 111 Å². The number of halogens is 1. The number of nitrogens with zero attached hydrogens (tertiary/aromatic N) is 1. The van der Waals surface area contributed by atoms with Crippen LogP contribution in [0.5, 0.6) is 0 Å². The lowest BCUT2D eigenvalue weighted by molar-refractivity contribution is -0.118. The van der Waals surface area contributed by atoms with Gasteiger partial charge in [-0.05, 0) is 24.1 Å². The molecule has 1 rings (SSSR count). The molecule has 1 aromatic carbocycles. The lowest BCUT2D eigenvalue weighted by Gasteiger charge is -2.23. The standard InChI is InChI=1S/C13H18FN3O2/c1-8(2)6-17(7-12(16)18)13(19)9-3-4-11(15)10(14)5-9/h3-5,8H,6-7,15H2,1-2H3,(H2,16,18). The number of hydrogen-bond donors (Lipinski definition) is 2. The second-order valence-corrected chi connectivity index (χ2v) is 4.78. The summed E-state index contributed by atoms with van der Waals surface area (Å²) >= 11 is 0. The fourth-order valence-electron chi connectivity index (χ4n) is 1.69. The van der Waals surface area contributed by atoms with Gasteiger partial charge >= 0.3 is 0 Å². The van der Waals surface area contributed by atoms with E-state index in [4.69, 9.17) is 11.5 Å². The van der Waals surface area contributed by atoms with Crippen LogP contribution in [0.25, 0.3) is 0 Å². The van der Waals surface area contributed by atoms with E-state index in [-0.39, 0.29) is 23.7 Å². The molecular formula is C13H18FN3O2. The van der Waals surface area contributed by atoms with E-state index >= 15 is 0 Å². The van der Waals surface area contributed by atoms with Crippen molar-refractivity contribution in [3.63, 3.8) is 0 Å². The summed E-state index contributed by atoms with van der Waals surface area (Å²) in [6.45, 7) is 3.99. The molecule has 0 radical (unpaired) electrons. The number of primary amides is 1. The molecule has 0 heterocycles. The van der Waals surface area contributed by atoms with Gasteiger partial charge in [0, 0.05) is 12.1 Å². The van der Waals surface area contributed by atoms with Crippen LogP contribution in [0.4, 0.5) is 10.1 Å². The summed E-state index contributed by atoms with van der Waals surface area (Å²) in [5.74, 6) is -1.53. The molecule has 5 nitrogen and oxygen atoms in total. The third-order valence-corrected chi connectivity index (χ3v) is 2.47. The minimum absolute atomic E-state index is 0.0261. The molecule has 0 aliphatic rings. The molecule has 4 N–H and O–H groups in total. The van der Waals surface area contributed by atoms with Crippen LogP contribution in [-0.4, -0.2) is 29.8 Å². The maximum atomic E-state index is 13.3. The topological polar surface area (TPSA) is 89.4 Å². The summed E-state index contributed by atoms with van der Waals surface area (Å²) < 4.78 is 13.3. The van der Waals surface area contributed by atoms with Crippen molar-refractivity contribution in [3.05, 3.63) is 29.6 Å². The van der Waals surface area contributed by atoms with Gasteiger partial charge in [-0.1, -0.05) is 13.8 Å². The first-order valence-electron chi connectivity index (χ1n) is 5.94. The molecule has 0 aromatic heterocycles. The van der Waals surface area contributed by atoms with E-state index in [1.54, 1.807) is 0 Å². The smallest absolute Gasteiger partial charge is 0.254 e. The van der Waals surface area contributed by atoms with Crippen molar-refractivity contribution in [2.24, 2.45) is 11.7 Å². The van der Waals surface area contributed by atoms with Crippen molar-refractivity contribution in [1.82, 2.24) is 4.90 Å². The van der Waals surface area contributed by atoms with Gasteiger partial charge in [0.25, 0.3) is 5.91 Å². The number of benzene rings is 1.